The number of benzene rings is 3. The van der Waals surface area contributed by atoms with Crippen molar-refractivity contribution >= 4 is 9.84 Å². The average Bonchev–Trinajstić information content (AvgIpc) is 2.85. The van der Waals surface area contributed by atoms with E-state index < -0.39 is 9.84 Å². The highest BCUT2D eigenvalue weighted by molar-refractivity contribution is 7.90. The van der Waals surface area contributed by atoms with Gasteiger partial charge in [-0.15, -0.1) is 0 Å². The third kappa shape index (κ3) is 3.89. The first kappa shape index (κ1) is 18.9. The normalized spacial score (nSPS) is 17.7. The molecule has 0 saturated carbocycles. The van der Waals surface area contributed by atoms with Crippen molar-refractivity contribution in [3.05, 3.63) is 89.5 Å². The van der Waals surface area contributed by atoms with Crippen molar-refractivity contribution in [2.45, 2.75) is 23.8 Å². The number of hydrogen-bond acceptors (Lipinski definition) is 3. The van der Waals surface area contributed by atoms with Crippen molar-refractivity contribution < 1.29 is 8.42 Å². The minimum absolute atomic E-state index is 0.360. The van der Waals surface area contributed by atoms with Gasteiger partial charge < -0.3 is 4.90 Å². The van der Waals surface area contributed by atoms with Crippen LogP contribution in [0.5, 0.6) is 0 Å². The fourth-order valence-corrected chi connectivity index (χ4v) is 4.74. The van der Waals surface area contributed by atoms with Gasteiger partial charge in [-0.2, -0.15) is 0 Å². The Labute approximate surface area is 167 Å². The Morgan fingerprint density at radius 1 is 0.893 bits per heavy atom. The van der Waals surface area contributed by atoms with Gasteiger partial charge in [-0.05, 0) is 66.0 Å². The third-order valence-corrected chi connectivity index (χ3v) is 6.67. The van der Waals surface area contributed by atoms with E-state index in [1.54, 1.807) is 12.1 Å². The number of nitrogens with zero attached hydrogens (tertiary/aromatic N) is 1. The third-order valence-electron chi connectivity index (χ3n) is 5.56. The summed E-state index contributed by atoms with van der Waals surface area (Å²) in [4.78, 5) is 2.72. The molecular weight excluding hydrogens is 366 g/mol. The zero-order valence-electron chi connectivity index (χ0n) is 16.3. The monoisotopic (exact) mass is 391 g/mol. The first-order valence-electron chi connectivity index (χ1n) is 9.58. The summed E-state index contributed by atoms with van der Waals surface area (Å²) >= 11 is 0. The molecule has 1 atom stereocenters. The molecule has 0 aromatic heterocycles. The minimum Gasteiger partial charge on any atom is -0.302 e. The molecule has 1 aliphatic rings. The molecule has 28 heavy (non-hydrogen) atoms. The largest absolute Gasteiger partial charge is 0.302 e. The molecule has 0 saturated heterocycles. The van der Waals surface area contributed by atoms with Crippen molar-refractivity contribution in [3.8, 4) is 11.1 Å². The molecule has 0 fully saturated rings. The van der Waals surface area contributed by atoms with Crippen LogP contribution in [0.3, 0.4) is 0 Å². The SMILES string of the molecule is CN1CCC(c2ccccc2)c2ccc(-c3cccc(S(C)(=O)=O)c3)cc2C1. The lowest BCUT2D eigenvalue weighted by Crippen LogP contribution is -2.17. The van der Waals surface area contributed by atoms with Crippen LogP contribution < -0.4 is 0 Å². The van der Waals surface area contributed by atoms with E-state index >= 15 is 0 Å². The van der Waals surface area contributed by atoms with Gasteiger partial charge >= 0.3 is 0 Å². The minimum atomic E-state index is -3.22. The van der Waals surface area contributed by atoms with E-state index in [1.165, 1.54) is 22.9 Å². The molecule has 0 amide bonds. The van der Waals surface area contributed by atoms with E-state index in [9.17, 15) is 8.42 Å². The van der Waals surface area contributed by atoms with E-state index in [4.69, 9.17) is 0 Å². The molecule has 4 heteroatoms. The van der Waals surface area contributed by atoms with Crippen LogP contribution in [0.4, 0.5) is 0 Å². The molecule has 1 unspecified atom stereocenters. The predicted octanol–water partition coefficient (Wildman–Crippen LogP) is 4.72. The Kier molecular flexibility index (Phi) is 5.09. The van der Waals surface area contributed by atoms with Gasteiger partial charge in [0.2, 0.25) is 0 Å². The van der Waals surface area contributed by atoms with Crippen LogP contribution in [0.2, 0.25) is 0 Å². The Morgan fingerprint density at radius 3 is 2.39 bits per heavy atom. The molecule has 0 spiro atoms. The molecule has 144 valence electrons. The molecule has 0 N–H and O–H groups in total. The molecule has 3 nitrogen and oxygen atoms in total. The summed E-state index contributed by atoms with van der Waals surface area (Å²) in [6, 6.07) is 24.5. The van der Waals surface area contributed by atoms with E-state index in [0.717, 1.165) is 30.6 Å². The molecule has 0 aliphatic carbocycles. The predicted molar refractivity (Wildman–Crippen MR) is 114 cm³/mol. The maximum absolute atomic E-state index is 11.9. The van der Waals surface area contributed by atoms with E-state index in [-0.39, 0.29) is 0 Å². The zero-order chi connectivity index (χ0) is 19.7. The lowest BCUT2D eigenvalue weighted by atomic mass is 9.85. The molecule has 0 radical (unpaired) electrons. The van der Waals surface area contributed by atoms with E-state index in [2.05, 4.69) is 60.5 Å². The van der Waals surface area contributed by atoms with Crippen molar-refractivity contribution in [1.82, 2.24) is 4.90 Å². The van der Waals surface area contributed by atoms with Crippen molar-refractivity contribution in [1.29, 1.82) is 0 Å². The van der Waals surface area contributed by atoms with Crippen LogP contribution in [0.1, 0.15) is 29.0 Å². The quantitative estimate of drug-likeness (QED) is 0.648. The van der Waals surface area contributed by atoms with E-state index in [0.29, 0.717) is 10.8 Å². The van der Waals surface area contributed by atoms with Crippen LogP contribution in [0.25, 0.3) is 11.1 Å². The second kappa shape index (κ2) is 7.53. The summed E-state index contributed by atoms with van der Waals surface area (Å²) in [5.41, 5.74) is 6.04. The number of rotatable bonds is 3. The van der Waals surface area contributed by atoms with Crippen LogP contribution in [0, 0.1) is 0 Å². The van der Waals surface area contributed by atoms with Crippen molar-refractivity contribution in [2.24, 2.45) is 0 Å². The van der Waals surface area contributed by atoms with Gasteiger partial charge in [0.15, 0.2) is 9.84 Å². The lowest BCUT2D eigenvalue weighted by molar-refractivity contribution is 0.328. The highest BCUT2D eigenvalue weighted by atomic mass is 32.2. The second-order valence-electron chi connectivity index (χ2n) is 7.70. The highest BCUT2D eigenvalue weighted by Crippen LogP contribution is 2.36. The van der Waals surface area contributed by atoms with Gasteiger partial charge in [0.1, 0.15) is 0 Å². The van der Waals surface area contributed by atoms with Gasteiger partial charge in [-0.3, -0.25) is 0 Å². The smallest absolute Gasteiger partial charge is 0.175 e. The Morgan fingerprint density at radius 2 is 1.64 bits per heavy atom. The maximum atomic E-state index is 11.9. The first-order chi connectivity index (χ1) is 13.4. The maximum Gasteiger partial charge on any atom is 0.175 e. The summed E-state index contributed by atoms with van der Waals surface area (Å²) in [5.74, 6) is 0.387. The van der Waals surface area contributed by atoms with E-state index in [1.807, 2.05) is 12.1 Å². The van der Waals surface area contributed by atoms with Gasteiger partial charge in [0.25, 0.3) is 0 Å². The molecule has 4 rings (SSSR count). The summed E-state index contributed by atoms with van der Waals surface area (Å²) in [6.45, 7) is 1.95. The number of hydrogen-bond donors (Lipinski definition) is 0. The Balaban J connectivity index is 1.79. The van der Waals surface area contributed by atoms with Crippen LogP contribution in [0.15, 0.2) is 77.7 Å². The second-order valence-corrected chi connectivity index (χ2v) is 9.72. The van der Waals surface area contributed by atoms with Crippen LogP contribution in [-0.4, -0.2) is 33.2 Å². The van der Waals surface area contributed by atoms with Gasteiger partial charge in [0, 0.05) is 18.7 Å². The Bertz CT molecular complexity index is 1090. The Hall–Kier alpha value is -2.43. The zero-order valence-corrected chi connectivity index (χ0v) is 17.1. The molecular formula is C24H25NO2S. The number of fused-ring (bicyclic) bond motifs is 1. The molecule has 3 aromatic rings. The summed E-state index contributed by atoms with van der Waals surface area (Å²) in [7, 11) is -1.06. The molecule has 1 aliphatic heterocycles. The fourth-order valence-electron chi connectivity index (χ4n) is 4.07. The number of sulfone groups is 1. The van der Waals surface area contributed by atoms with Gasteiger partial charge in [-0.1, -0.05) is 54.6 Å². The molecule has 0 bridgehead atoms. The molecule has 1 heterocycles. The average molecular weight is 392 g/mol. The lowest BCUT2D eigenvalue weighted by Gasteiger charge is -2.19. The standard InChI is InChI=1S/C24H25NO2S/c1-25-14-13-24(18-7-4-3-5-8-18)23-12-11-20(15-21(23)17-25)19-9-6-10-22(16-19)28(2,26)27/h3-12,15-16,24H,13-14,17H2,1-2H3. The van der Waals surface area contributed by atoms with Crippen molar-refractivity contribution in [3.63, 3.8) is 0 Å². The topological polar surface area (TPSA) is 37.4 Å². The molecule has 3 aromatic carbocycles. The summed E-state index contributed by atoms with van der Waals surface area (Å²) in [5, 5.41) is 0. The fraction of sp³-hybridized carbons (Fsp3) is 0.250. The first-order valence-corrected chi connectivity index (χ1v) is 11.5. The van der Waals surface area contributed by atoms with Gasteiger partial charge in [0.05, 0.1) is 4.90 Å². The van der Waals surface area contributed by atoms with Crippen LogP contribution >= 0.6 is 0 Å². The van der Waals surface area contributed by atoms with Crippen LogP contribution in [-0.2, 0) is 16.4 Å². The van der Waals surface area contributed by atoms with Crippen molar-refractivity contribution in [2.75, 3.05) is 19.8 Å². The summed E-state index contributed by atoms with van der Waals surface area (Å²) < 4.78 is 23.9. The highest BCUT2D eigenvalue weighted by Gasteiger charge is 2.22. The van der Waals surface area contributed by atoms with Gasteiger partial charge in [-0.25, -0.2) is 8.42 Å². The summed E-state index contributed by atoms with van der Waals surface area (Å²) in [6.07, 6.45) is 2.35.